The number of furan rings is 2. The number of halogens is 1. The van der Waals surface area contributed by atoms with Gasteiger partial charge in [-0.1, -0.05) is 15.9 Å². The minimum absolute atomic E-state index is 0.218. The molecule has 0 aliphatic rings. The summed E-state index contributed by atoms with van der Waals surface area (Å²) in [5, 5.41) is 4.11. The topological polar surface area (TPSA) is 71.5 Å². The van der Waals surface area contributed by atoms with Crippen molar-refractivity contribution in [2.24, 2.45) is 0 Å². The van der Waals surface area contributed by atoms with Crippen LogP contribution in [0.25, 0.3) is 11.0 Å². The fourth-order valence-corrected chi connectivity index (χ4v) is 3.18. The molecule has 0 aliphatic heterocycles. The molecule has 28 heavy (non-hydrogen) atoms. The minimum atomic E-state index is -0.218. The fourth-order valence-electron chi connectivity index (χ4n) is 2.93. The number of aryl methyl sites for hydroxylation is 1. The summed E-state index contributed by atoms with van der Waals surface area (Å²) in [6, 6.07) is 13.0. The van der Waals surface area contributed by atoms with Crippen LogP contribution in [0.3, 0.4) is 0 Å². The average Bonchev–Trinajstić information content (AvgIpc) is 3.35. The minimum Gasteiger partial charge on any atom is -0.467 e. The summed E-state index contributed by atoms with van der Waals surface area (Å²) >= 11 is 3.50. The third kappa shape index (κ3) is 3.66. The molecule has 4 rings (SSSR count). The highest BCUT2D eigenvalue weighted by Gasteiger charge is 2.18. The quantitative estimate of drug-likeness (QED) is 0.443. The number of nitrogens with zero attached hydrogens (tertiary/aromatic N) is 2. The smallest absolute Gasteiger partial charge is 0.272 e. The zero-order valence-corrected chi connectivity index (χ0v) is 17.0. The molecule has 6 nitrogen and oxygen atoms in total. The molecule has 3 aromatic heterocycles. The molecule has 0 atom stereocenters. The lowest BCUT2D eigenvalue weighted by Gasteiger charge is -2.16. The maximum Gasteiger partial charge on any atom is 0.272 e. The number of anilines is 2. The second kappa shape index (κ2) is 7.52. The molecule has 0 spiro atoms. The predicted octanol–water partition coefficient (Wildman–Crippen LogP) is 5.51. The van der Waals surface area contributed by atoms with Gasteiger partial charge in [-0.15, -0.1) is 0 Å². The Hall–Kier alpha value is -3.06. The third-order valence-electron chi connectivity index (χ3n) is 4.41. The molecule has 1 N–H and O–H groups in total. The van der Waals surface area contributed by atoms with Crippen LogP contribution in [0.4, 0.5) is 11.5 Å². The van der Waals surface area contributed by atoms with Crippen molar-refractivity contribution in [1.82, 2.24) is 9.88 Å². The van der Waals surface area contributed by atoms with Gasteiger partial charge in [-0.25, -0.2) is 4.98 Å². The van der Waals surface area contributed by atoms with Gasteiger partial charge < -0.3 is 19.1 Å². The Balaban J connectivity index is 1.66. The van der Waals surface area contributed by atoms with Crippen molar-refractivity contribution in [3.63, 3.8) is 0 Å². The molecule has 142 valence electrons. The molecule has 0 saturated heterocycles. The Morgan fingerprint density at radius 2 is 2.04 bits per heavy atom. The van der Waals surface area contributed by atoms with E-state index < -0.39 is 0 Å². The van der Waals surface area contributed by atoms with Gasteiger partial charge >= 0.3 is 0 Å². The Kier molecular flexibility index (Phi) is 4.92. The Morgan fingerprint density at radius 1 is 1.18 bits per heavy atom. The first-order chi connectivity index (χ1) is 13.5. The molecule has 7 heteroatoms. The van der Waals surface area contributed by atoms with Gasteiger partial charge in [-0.05, 0) is 48.9 Å². The number of carbonyl (C=O) groups excluding carboxylic acids is 1. The highest BCUT2D eigenvalue weighted by Crippen LogP contribution is 2.28. The summed E-state index contributed by atoms with van der Waals surface area (Å²) in [5.74, 6) is 1.06. The zero-order valence-electron chi connectivity index (χ0n) is 15.4. The van der Waals surface area contributed by atoms with Crippen molar-refractivity contribution < 1.29 is 13.6 Å². The largest absolute Gasteiger partial charge is 0.467 e. The van der Waals surface area contributed by atoms with Crippen molar-refractivity contribution in [2.45, 2.75) is 13.5 Å². The average molecular weight is 440 g/mol. The lowest BCUT2D eigenvalue weighted by Crippen LogP contribution is -2.27. The summed E-state index contributed by atoms with van der Waals surface area (Å²) in [6.45, 7) is 2.37. The normalized spacial score (nSPS) is 11.0. The second-order valence-electron chi connectivity index (χ2n) is 6.52. The Morgan fingerprint density at radius 3 is 2.79 bits per heavy atom. The number of pyridine rings is 1. The molecular formula is C21H18BrN3O3. The van der Waals surface area contributed by atoms with Gasteiger partial charge in [0.15, 0.2) is 0 Å². The van der Waals surface area contributed by atoms with E-state index in [-0.39, 0.29) is 5.91 Å². The second-order valence-corrected chi connectivity index (χ2v) is 7.37. The van der Waals surface area contributed by atoms with Crippen molar-refractivity contribution in [2.75, 3.05) is 12.4 Å². The van der Waals surface area contributed by atoms with Crippen molar-refractivity contribution in [3.05, 3.63) is 76.5 Å². The van der Waals surface area contributed by atoms with Gasteiger partial charge in [0.1, 0.15) is 22.9 Å². The van der Waals surface area contributed by atoms with Crippen LogP contribution in [-0.2, 0) is 6.54 Å². The number of hydrogen-bond donors (Lipinski definition) is 1. The van der Waals surface area contributed by atoms with E-state index in [1.54, 1.807) is 36.6 Å². The number of aromatic nitrogens is 1. The highest BCUT2D eigenvalue weighted by atomic mass is 79.9. The van der Waals surface area contributed by atoms with Crippen LogP contribution in [0.1, 0.15) is 21.8 Å². The first-order valence-corrected chi connectivity index (χ1v) is 9.50. The number of fused-ring (bicyclic) bond motifs is 1. The van der Waals surface area contributed by atoms with Crippen LogP contribution >= 0.6 is 15.9 Å². The van der Waals surface area contributed by atoms with Gasteiger partial charge in [-0.3, -0.25) is 4.79 Å². The maximum absolute atomic E-state index is 12.9. The molecule has 0 aliphatic carbocycles. The third-order valence-corrected chi connectivity index (χ3v) is 5.30. The Bertz CT molecular complexity index is 1140. The standard InChI is InChI=1S/C21H18BrN3O3/c1-13-10-14(5-6-17(13)22)23-20-16-7-9-28-19(16)11-18(24-20)21(26)25(2)12-15-4-3-8-27-15/h3-11H,12H2,1-2H3,(H,23,24). The summed E-state index contributed by atoms with van der Waals surface area (Å²) in [5.41, 5.74) is 2.87. The van der Waals surface area contributed by atoms with Crippen LogP contribution < -0.4 is 5.32 Å². The van der Waals surface area contributed by atoms with Gasteiger partial charge in [0, 0.05) is 23.3 Å². The molecule has 0 fully saturated rings. The van der Waals surface area contributed by atoms with Crippen molar-refractivity contribution >= 4 is 44.3 Å². The van der Waals surface area contributed by atoms with Gasteiger partial charge in [0.05, 0.1) is 24.5 Å². The lowest BCUT2D eigenvalue weighted by atomic mass is 10.2. The first-order valence-electron chi connectivity index (χ1n) is 8.70. The molecule has 1 amide bonds. The molecular weight excluding hydrogens is 422 g/mol. The molecule has 0 unspecified atom stereocenters. The van der Waals surface area contributed by atoms with Gasteiger partial charge in [0.2, 0.25) is 0 Å². The van der Waals surface area contributed by atoms with Gasteiger partial charge in [-0.2, -0.15) is 0 Å². The number of carbonyl (C=O) groups is 1. The summed E-state index contributed by atoms with van der Waals surface area (Å²) < 4.78 is 11.9. The highest BCUT2D eigenvalue weighted by molar-refractivity contribution is 9.10. The Labute approximate surface area is 170 Å². The molecule has 0 saturated carbocycles. The van der Waals surface area contributed by atoms with E-state index in [4.69, 9.17) is 8.83 Å². The maximum atomic E-state index is 12.9. The van der Waals surface area contributed by atoms with E-state index in [9.17, 15) is 4.79 Å². The van der Waals surface area contributed by atoms with Crippen LogP contribution in [0.5, 0.6) is 0 Å². The van der Waals surface area contributed by atoms with Crippen LogP contribution in [-0.4, -0.2) is 22.8 Å². The molecule has 0 bridgehead atoms. The van der Waals surface area contributed by atoms with E-state index in [0.717, 1.165) is 21.1 Å². The number of rotatable bonds is 5. The van der Waals surface area contributed by atoms with Crippen LogP contribution in [0.15, 0.2) is 68.3 Å². The SMILES string of the molecule is Cc1cc(Nc2nc(C(=O)N(C)Cc3ccco3)cc3occc23)ccc1Br. The molecule has 1 aromatic carbocycles. The zero-order chi connectivity index (χ0) is 19.7. The first kappa shape index (κ1) is 18.3. The summed E-state index contributed by atoms with van der Waals surface area (Å²) in [6.07, 6.45) is 3.17. The predicted molar refractivity (Wildman–Crippen MR) is 111 cm³/mol. The number of hydrogen-bond acceptors (Lipinski definition) is 5. The van der Waals surface area contributed by atoms with E-state index in [2.05, 4.69) is 26.2 Å². The molecule has 0 radical (unpaired) electrons. The van der Waals surface area contributed by atoms with E-state index in [1.807, 2.05) is 37.3 Å². The van der Waals surface area contributed by atoms with E-state index in [0.29, 0.717) is 29.4 Å². The van der Waals surface area contributed by atoms with E-state index in [1.165, 1.54) is 0 Å². The monoisotopic (exact) mass is 439 g/mol. The van der Waals surface area contributed by atoms with Crippen LogP contribution in [0.2, 0.25) is 0 Å². The van der Waals surface area contributed by atoms with E-state index >= 15 is 0 Å². The van der Waals surface area contributed by atoms with Crippen molar-refractivity contribution in [3.8, 4) is 0 Å². The van der Waals surface area contributed by atoms with Crippen LogP contribution in [0, 0.1) is 6.92 Å². The molecule has 4 aromatic rings. The number of amides is 1. The lowest BCUT2D eigenvalue weighted by molar-refractivity contribution is 0.0770. The summed E-state index contributed by atoms with van der Waals surface area (Å²) in [4.78, 5) is 19.0. The van der Waals surface area contributed by atoms with Gasteiger partial charge in [0.25, 0.3) is 5.91 Å². The van der Waals surface area contributed by atoms with Crippen molar-refractivity contribution in [1.29, 1.82) is 0 Å². The number of nitrogens with one attached hydrogen (secondary N) is 1. The fraction of sp³-hybridized carbons (Fsp3) is 0.143. The molecule has 3 heterocycles. The summed E-state index contributed by atoms with van der Waals surface area (Å²) in [7, 11) is 1.71. The number of benzene rings is 1.